The van der Waals surface area contributed by atoms with E-state index in [1.54, 1.807) is 6.92 Å². The summed E-state index contributed by atoms with van der Waals surface area (Å²) in [6, 6.07) is 3.98. The highest BCUT2D eigenvalue weighted by Crippen LogP contribution is 2.02. The SMILES string of the molecule is CCOC(=O)C(Br)C[n+]1cccc(C)c1. The van der Waals surface area contributed by atoms with Crippen LogP contribution < -0.4 is 4.57 Å². The zero-order valence-corrected chi connectivity index (χ0v) is 10.5. The summed E-state index contributed by atoms with van der Waals surface area (Å²) in [5.41, 5.74) is 1.17. The van der Waals surface area contributed by atoms with Gasteiger partial charge in [0.1, 0.15) is 0 Å². The second-order valence-electron chi connectivity index (χ2n) is 3.30. The summed E-state index contributed by atoms with van der Waals surface area (Å²) in [6.45, 7) is 4.82. The lowest BCUT2D eigenvalue weighted by atomic mass is 10.3. The van der Waals surface area contributed by atoms with Crippen LogP contribution in [-0.4, -0.2) is 17.4 Å². The minimum absolute atomic E-state index is 0.216. The van der Waals surface area contributed by atoms with Gasteiger partial charge in [0, 0.05) is 11.6 Å². The maximum atomic E-state index is 11.3. The fraction of sp³-hybridized carbons (Fsp3) is 0.455. The van der Waals surface area contributed by atoms with Crippen LogP contribution in [0.1, 0.15) is 12.5 Å². The summed E-state index contributed by atoms with van der Waals surface area (Å²) in [7, 11) is 0. The topological polar surface area (TPSA) is 30.2 Å². The van der Waals surface area contributed by atoms with Gasteiger partial charge in [-0.25, -0.2) is 4.57 Å². The predicted octanol–water partition coefficient (Wildman–Crippen LogP) is 1.61. The van der Waals surface area contributed by atoms with Gasteiger partial charge in [-0.1, -0.05) is 15.9 Å². The van der Waals surface area contributed by atoms with Crippen molar-refractivity contribution in [2.45, 2.75) is 25.2 Å². The van der Waals surface area contributed by atoms with E-state index in [1.165, 1.54) is 5.56 Å². The fourth-order valence-electron chi connectivity index (χ4n) is 1.26. The Bertz CT molecular complexity index is 341. The van der Waals surface area contributed by atoms with E-state index in [1.807, 2.05) is 36.0 Å². The van der Waals surface area contributed by atoms with Crippen LogP contribution >= 0.6 is 15.9 Å². The molecule has 82 valence electrons. The zero-order chi connectivity index (χ0) is 11.3. The monoisotopic (exact) mass is 272 g/mol. The number of aromatic nitrogens is 1. The number of nitrogens with zero attached hydrogens (tertiary/aromatic N) is 1. The third-order valence-electron chi connectivity index (χ3n) is 1.92. The molecule has 3 nitrogen and oxygen atoms in total. The van der Waals surface area contributed by atoms with Crippen LogP contribution in [0.25, 0.3) is 0 Å². The Labute approximate surface area is 98.2 Å². The number of halogens is 1. The molecule has 1 rings (SSSR count). The van der Waals surface area contributed by atoms with Crippen LogP contribution in [-0.2, 0) is 16.1 Å². The van der Waals surface area contributed by atoms with Crippen LogP contribution in [0.3, 0.4) is 0 Å². The van der Waals surface area contributed by atoms with Crippen molar-refractivity contribution < 1.29 is 14.1 Å². The highest BCUT2D eigenvalue weighted by atomic mass is 79.9. The van der Waals surface area contributed by atoms with Gasteiger partial charge in [0.2, 0.25) is 0 Å². The molecular formula is C11H15BrNO2+. The summed E-state index contributed by atoms with van der Waals surface area (Å²) in [5.74, 6) is -0.216. The van der Waals surface area contributed by atoms with E-state index < -0.39 is 0 Å². The Kier molecular flexibility index (Phi) is 4.75. The quantitative estimate of drug-likeness (QED) is 0.474. The first-order valence-corrected chi connectivity index (χ1v) is 5.81. The number of ether oxygens (including phenoxy) is 1. The third-order valence-corrected chi connectivity index (χ3v) is 2.58. The summed E-state index contributed by atoms with van der Waals surface area (Å²) >= 11 is 3.31. The Morgan fingerprint density at radius 2 is 2.40 bits per heavy atom. The number of hydrogen-bond acceptors (Lipinski definition) is 2. The molecule has 15 heavy (non-hydrogen) atoms. The van der Waals surface area contributed by atoms with Crippen molar-refractivity contribution in [1.82, 2.24) is 0 Å². The molecule has 0 radical (unpaired) electrons. The normalized spacial score (nSPS) is 12.2. The molecule has 4 heteroatoms. The van der Waals surface area contributed by atoms with E-state index in [0.29, 0.717) is 13.2 Å². The van der Waals surface area contributed by atoms with Crippen molar-refractivity contribution in [3.05, 3.63) is 30.1 Å². The van der Waals surface area contributed by atoms with Crippen LogP contribution in [0.2, 0.25) is 0 Å². The van der Waals surface area contributed by atoms with Gasteiger partial charge in [0.25, 0.3) is 0 Å². The summed E-state index contributed by atoms with van der Waals surface area (Å²) < 4.78 is 6.87. The minimum Gasteiger partial charge on any atom is -0.465 e. The molecule has 0 aliphatic heterocycles. The van der Waals surface area contributed by atoms with Gasteiger partial charge in [-0.15, -0.1) is 0 Å². The van der Waals surface area contributed by atoms with Crippen molar-refractivity contribution in [2.75, 3.05) is 6.61 Å². The van der Waals surface area contributed by atoms with Gasteiger partial charge in [0.05, 0.1) is 6.61 Å². The van der Waals surface area contributed by atoms with Crippen LogP contribution in [0.4, 0.5) is 0 Å². The van der Waals surface area contributed by atoms with Gasteiger partial charge in [0.15, 0.2) is 23.8 Å². The third kappa shape index (κ3) is 4.00. The van der Waals surface area contributed by atoms with Gasteiger partial charge < -0.3 is 4.74 Å². The number of pyridine rings is 1. The molecular weight excluding hydrogens is 258 g/mol. The van der Waals surface area contributed by atoms with Crippen molar-refractivity contribution in [2.24, 2.45) is 0 Å². The van der Waals surface area contributed by atoms with E-state index in [-0.39, 0.29) is 10.8 Å². The lowest BCUT2D eigenvalue weighted by Gasteiger charge is -2.05. The van der Waals surface area contributed by atoms with Crippen LogP contribution in [0, 0.1) is 6.92 Å². The molecule has 0 N–H and O–H groups in total. The molecule has 1 atom stereocenters. The number of esters is 1. The Balaban J connectivity index is 2.58. The molecule has 0 aliphatic carbocycles. The first-order chi connectivity index (χ1) is 7.13. The first kappa shape index (κ1) is 12.2. The average molecular weight is 273 g/mol. The first-order valence-electron chi connectivity index (χ1n) is 4.90. The van der Waals surface area contributed by atoms with Crippen LogP contribution in [0.15, 0.2) is 24.5 Å². The standard InChI is InChI=1S/C11H15BrNO2/c1-3-15-11(14)10(12)8-13-6-4-5-9(2)7-13/h4-7,10H,3,8H2,1-2H3/q+1. The number of rotatable bonds is 4. The lowest BCUT2D eigenvalue weighted by Crippen LogP contribution is -2.40. The molecule has 0 saturated carbocycles. The molecule has 1 unspecified atom stereocenters. The highest BCUT2D eigenvalue weighted by molar-refractivity contribution is 9.10. The Morgan fingerprint density at radius 1 is 1.67 bits per heavy atom. The zero-order valence-electron chi connectivity index (χ0n) is 8.94. The maximum Gasteiger partial charge on any atom is 0.326 e. The minimum atomic E-state index is -0.288. The number of carbonyl (C=O) groups is 1. The molecule has 0 aliphatic rings. The summed E-state index contributed by atoms with van der Waals surface area (Å²) in [4.78, 5) is 11.1. The van der Waals surface area contributed by atoms with Crippen molar-refractivity contribution in [3.63, 3.8) is 0 Å². The van der Waals surface area contributed by atoms with E-state index in [4.69, 9.17) is 4.74 Å². The Morgan fingerprint density at radius 3 is 3.00 bits per heavy atom. The maximum absolute atomic E-state index is 11.3. The van der Waals surface area contributed by atoms with Crippen LogP contribution in [0.5, 0.6) is 0 Å². The fourth-order valence-corrected chi connectivity index (χ4v) is 1.73. The second-order valence-corrected chi connectivity index (χ2v) is 4.40. The Hall–Kier alpha value is -0.900. The van der Waals surface area contributed by atoms with E-state index in [9.17, 15) is 4.79 Å². The average Bonchev–Trinajstić information content (AvgIpc) is 2.18. The van der Waals surface area contributed by atoms with Gasteiger partial charge in [-0.2, -0.15) is 0 Å². The molecule has 0 aromatic carbocycles. The molecule has 0 bridgehead atoms. The van der Waals surface area contributed by atoms with Crippen molar-refractivity contribution >= 4 is 21.9 Å². The van der Waals surface area contributed by atoms with E-state index in [2.05, 4.69) is 15.9 Å². The molecule has 1 aromatic rings. The molecule has 0 spiro atoms. The van der Waals surface area contributed by atoms with Crippen molar-refractivity contribution in [3.8, 4) is 0 Å². The van der Waals surface area contributed by atoms with E-state index >= 15 is 0 Å². The molecule has 1 heterocycles. The smallest absolute Gasteiger partial charge is 0.326 e. The number of carbonyl (C=O) groups excluding carboxylic acids is 1. The molecule has 0 fully saturated rings. The largest absolute Gasteiger partial charge is 0.465 e. The molecule has 0 saturated heterocycles. The number of aryl methyl sites for hydroxylation is 1. The van der Waals surface area contributed by atoms with Gasteiger partial charge >= 0.3 is 5.97 Å². The predicted molar refractivity (Wildman–Crippen MR) is 60.7 cm³/mol. The second kappa shape index (κ2) is 5.85. The molecule has 1 aromatic heterocycles. The highest BCUT2D eigenvalue weighted by Gasteiger charge is 2.20. The van der Waals surface area contributed by atoms with Crippen molar-refractivity contribution in [1.29, 1.82) is 0 Å². The number of hydrogen-bond donors (Lipinski definition) is 0. The summed E-state index contributed by atoms with van der Waals surface area (Å²) in [6.07, 6.45) is 3.92. The van der Waals surface area contributed by atoms with Gasteiger partial charge in [-0.3, -0.25) is 4.79 Å². The van der Waals surface area contributed by atoms with Gasteiger partial charge in [-0.05, 0) is 19.9 Å². The summed E-state index contributed by atoms with van der Waals surface area (Å²) in [5, 5.41) is 0. The lowest BCUT2D eigenvalue weighted by molar-refractivity contribution is -0.695. The molecule has 0 amide bonds. The number of alkyl halides is 1. The van der Waals surface area contributed by atoms with E-state index in [0.717, 1.165) is 0 Å².